The maximum atomic E-state index is 12.3. The van der Waals surface area contributed by atoms with Gasteiger partial charge in [-0.2, -0.15) is 5.10 Å². The zero-order chi connectivity index (χ0) is 18.1. The molecule has 0 unspecified atom stereocenters. The van der Waals surface area contributed by atoms with Crippen LogP contribution in [0.3, 0.4) is 0 Å². The predicted molar refractivity (Wildman–Crippen MR) is 91.3 cm³/mol. The summed E-state index contributed by atoms with van der Waals surface area (Å²) in [4.78, 5) is 40.3. The Morgan fingerprint density at radius 2 is 1.96 bits per heavy atom. The largest absolute Gasteiger partial charge is 0.332 e. The zero-order valence-electron chi connectivity index (χ0n) is 14.3. The molecule has 3 rings (SSSR count). The Balaban J connectivity index is 1.71. The van der Waals surface area contributed by atoms with Crippen LogP contribution in [-0.4, -0.2) is 34.4 Å². The molecular weight excluding hydrogens is 326 g/mol. The predicted octanol–water partition coefficient (Wildman–Crippen LogP) is -0.414. The fourth-order valence-corrected chi connectivity index (χ4v) is 2.66. The zero-order valence-corrected chi connectivity index (χ0v) is 14.3. The highest BCUT2D eigenvalue weighted by atomic mass is 16.2. The second-order valence-corrected chi connectivity index (χ2v) is 5.84. The van der Waals surface area contributed by atoms with Gasteiger partial charge in [0, 0.05) is 46.4 Å². The van der Waals surface area contributed by atoms with Gasteiger partial charge in [0.1, 0.15) is 0 Å². The van der Waals surface area contributed by atoms with Crippen LogP contribution in [0.15, 0.2) is 28.2 Å². The van der Waals surface area contributed by atoms with Gasteiger partial charge in [-0.3, -0.25) is 23.4 Å². The Bertz CT molecular complexity index is 1050. The molecule has 10 heteroatoms. The smallest absolute Gasteiger partial charge is 0.325 e. The Hall–Kier alpha value is -3.17. The van der Waals surface area contributed by atoms with Crippen LogP contribution in [0.4, 0.5) is 5.82 Å². The van der Waals surface area contributed by atoms with Gasteiger partial charge in [-0.1, -0.05) is 0 Å². The third kappa shape index (κ3) is 3.10. The second kappa shape index (κ2) is 6.38. The number of hydrogen-bond donors (Lipinski definition) is 1. The minimum Gasteiger partial charge on any atom is -0.325 e. The Kier molecular flexibility index (Phi) is 4.26. The number of nitrogens with one attached hydrogen (secondary N) is 1. The van der Waals surface area contributed by atoms with E-state index in [4.69, 9.17) is 0 Å². The van der Waals surface area contributed by atoms with Crippen molar-refractivity contribution in [1.29, 1.82) is 0 Å². The lowest BCUT2D eigenvalue weighted by atomic mass is 10.3. The van der Waals surface area contributed by atoms with Crippen LogP contribution in [0.1, 0.15) is 12.8 Å². The first-order chi connectivity index (χ1) is 11.9. The molecule has 1 amide bonds. The molecule has 3 aromatic heterocycles. The molecule has 0 saturated heterocycles. The quantitative estimate of drug-likeness (QED) is 0.676. The number of fused-ring (bicyclic) bond motifs is 1. The van der Waals surface area contributed by atoms with Crippen LogP contribution < -0.4 is 16.6 Å². The SMILES string of the molecule is Cn1ccc(NC(=O)CCCn2cnc3c2c(=O)n(C)c(=O)n3C)n1. The van der Waals surface area contributed by atoms with Gasteiger partial charge in [0.2, 0.25) is 5.91 Å². The summed E-state index contributed by atoms with van der Waals surface area (Å²) >= 11 is 0. The number of rotatable bonds is 5. The highest BCUT2D eigenvalue weighted by Gasteiger charge is 2.14. The van der Waals surface area contributed by atoms with E-state index >= 15 is 0 Å². The number of carbonyl (C=O) groups is 1. The van der Waals surface area contributed by atoms with Gasteiger partial charge in [-0.25, -0.2) is 9.78 Å². The molecular formula is C15H19N7O3. The number of amides is 1. The van der Waals surface area contributed by atoms with Crippen molar-refractivity contribution < 1.29 is 4.79 Å². The van der Waals surface area contributed by atoms with E-state index in [0.717, 1.165) is 4.57 Å². The monoisotopic (exact) mass is 345 g/mol. The van der Waals surface area contributed by atoms with E-state index in [9.17, 15) is 14.4 Å². The molecule has 132 valence electrons. The van der Waals surface area contributed by atoms with Crippen molar-refractivity contribution in [3.8, 4) is 0 Å². The molecule has 1 N–H and O–H groups in total. The summed E-state index contributed by atoms with van der Waals surface area (Å²) in [6, 6.07) is 1.71. The van der Waals surface area contributed by atoms with Crippen LogP contribution in [0, 0.1) is 0 Å². The number of carbonyl (C=O) groups excluding carboxylic acids is 1. The molecule has 0 aliphatic heterocycles. The van der Waals surface area contributed by atoms with Gasteiger partial charge < -0.3 is 9.88 Å². The molecule has 10 nitrogen and oxygen atoms in total. The van der Waals surface area contributed by atoms with Crippen molar-refractivity contribution in [3.05, 3.63) is 39.4 Å². The molecule has 0 aliphatic carbocycles. The molecule has 0 spiro atoms. The van der Waals surface area contributed by atoms with Crippen LogP contribution in [0.2, 0.25) is 0 Å². The minimum atomic E-state index is -0.419. The average Bonchev–Trinajstić information content (AvgIpc) is 3.17. The molecule has 25 heavy (non-hydrogen) atoms. The average molecular weight is 345 g/mol. The molecule has 0 saturated carbocycles. The van der Waals surface area contributed by atoms with Gasteiger partial charge in [0.15, 0.2) is 17.0 Å². The fraction of sp³-hybridized carbons (Fsp3) is 0.400. The molecule has 0 aliphatic rings. The van der Waals surface area contributed by atoms with Crippen molar-refractivity contribution in [1.82, 2.24) is 28.5 Å². The number of hydrogen-bond acceptors (Lipinski definition) is 5. The summed E-state index contributed by atoms with van der Waals surface area (Å²) in [7, 11) is 4.77. The van der Waals surface area contributed by atoms with E-state index < -0.39 is 11.2 Å². The van der Waals surface area contributed by atoms with Crippen molar-refractivity contribution in [2.45, 2.75) is 19.4 Å². The number of anilines is 1. The van der Waals surface area contributed by atoms with E-state index in [1.54, 1.807) is 35.6 Å². The Morgan fingerprint density at radius 3 is 2.64 bits per heavy atom. The van der Waals surface area contributed by atoms with Crippen LogP contribution >= 0.6 is 0 Å². The summed E-state index contributed by atoms with van der Waals surface area (Å²) in [5, 5.41) is 6.79. The molecule has 3 aromatic rings. The van der Waals surface area contributed by atoms with Crippen molar-refractivity contribution in [2.24, 2.45) is 21.1 Å². The van der Waals surface area contributed by atoms with E-state index in [0.29, 0.717) is 29.9 Å². The summed E-state index contributed by atoms with van der Waals surface area (Å²) in [6.45, 7) is 0.444. The number of imidazole rings is 1. The third-order valence-electron chi connectivity index (χ3n) is 4.00. The normalized spacial score (nSPS) is 11.2. The summed E-state index contributed by atoms with van der Waals surface area (Å²) in [6.07, 6.45) is 4.06. The summed E-state index contributed by atoms with van der Waals surface area (Å²) in [5.74, 6) is 0.355. The maximum absolute atomic E-state index is 12.3. The molecule has 0 radical (unpaired) electrons. The lowest BCUT2D eigenvalue weighted by Crippen LogP contribution is -2.37. The first kappa shape index (κ1) is 16.7. The highest BCUT2D eigenvalue weighted by Crippen LogP contribution is 2.08. The maximum Gasteiger partial charge on any atom is 0.332 e. The standard InChI is InChI=1S/C15H19N7O3/c1-19-8-6-10(18-19)17-11(23)5-4-7-22-9-16-13-12(22)14(24)21(3)15(25)20(13)2/h6,8-9H,4-5,7H2,1-3H3,(H,17,18,23). The van der Waals surface area contributed by atoms with E-state index in [1.165, 1.54) is 17.9 Å². The van der Waals surface area contributed by atoms with E-state index in [2.05, 4.69) is 15.4 Å². The summed E-state index contributed by atoms with van der Waals surface area (Å²) in [5.41, 5.74) is -0.119. The summed E-state index contributed by atoms with van der Waals surface area (Å²) < 4.78 is 5.66. The van der Waals surface area contributed by atoms with Gasteiger partial charge in [0.05, 0.1) is 6.33 Å². The molecule has 0 atom stereocenters. The third-order valence-corrected chi connectivity index (χ3v) is 4.00. The van der Waals surface area contributed by atoms with Gasteiger partial charge >= 0.3 is 5.69 Å². The Morgan fingerprint density at radius 1 is 1.20 bits per heavy atom. The van der Waals surface area contributed by atoms with Crippen LogP contribution in [-0.2, 0) is 32.5 Å². The van der Waals surface area contributed by atoms with Gasteiger partial charge in [0.25, 0.3) is 5.56 Å². The van der Waals surface area contributed by atoms with Crippen LogP contribution in [0.25, 0.3) is 11.2 Å². The first-order valence-corrected chi connectivity index (χ1v) is 7.79. The lowest BCUT2D eigenvalue weighted by Gasteiger charge is -2.06. The second-order valence-electron chi connectivity index (χ2n) is 5.84. The topological polar surface area (TPSA) is 109 Å². The minimum absolute atomic E-state index is 0.150. The number of aryl methyl sites for hydroxylation is 3. The first-order valence-electron chi connectivity index (χ1n) is 7.79. The van der Waals surface area contributed by atoms with Crippen molar-refractivity contribution in [3.63, 3.8) is 0 Å². The molecule has 0 bridgehead atoms. The highest BCUT2D eigenvalue weighted by molar-refractivity contribution is 5.89. The molecule has 0 fully saturated rings. The number of nitrogens with zero attached hydrogens (tertiary/aromatic N) is 6. The lowest BCUT2D eigenvalue weighted by molar-refractivity contribution is -0.116. The van der Waals surface area contributed by atoms with Gasteiger partial charge in [-0.15, -0.1) is 0 Å². The molecule has 0 aromatic carbocycles. The fourth-order valence-electron chi connectivity index (χ4n) is 2.66. The molecule has 3 heterocycles. The van der Waals surface area contributed by atoms with E-state index in [1.807, 2.05) is 0 Å². The Labute approximate surface area is 142 Å². The number of aromatic nitrogens is 6. The van der Waals surface area contributed by atoms with Crippen LogP contribution in [0.5, 0.6) is 0 Å². The van der Waals surface area contributed by atoms with Crippen molar-refractivity contribution >= 4 is 22.9 Å². The van der Waals surface area contributed by atoms with Crippen molar-refractivity contribution in [2.75, 3.05) is 5.32 Å². The van der Waals surface area contributed by atoms with Gasteiger partial charge in [-0.05, 0) is 6.42 Å². The van der Waals surface area contributed by atoms with E-state index in [-0.39, 0.29) is 12.3 Å².